The summed E-state index contributed by atoms with van der Waals surface area (Å²) < 4.78 is 0. The number of hydrogen-bond donors (Lipinski definition) is 3. The van der Waals surface area contributed by atoms with Crippen LogP contribution in [0.25, 0.3) is 0 Å². The van der Waals surface area contributed by atoms with Crippen molar-refractivity contribution in [1.29, 1.82) is 0 Å². The lowest BCUT2D eigenvalue weighted by Crippen LogP contribution is -2.57. The van der Waals surface area contributed by atoms with Crippen LogP contribution in [0.4, 0.5) is 0 Å². The minimum Gasteiger partial charge on any atom is -0.481 e. The maximum atomic E-state index is 11.8. The second kappa shape index (κ2) is 6.19. The number of nitrogens with zero attached hydrogens (tertiary/aromatic N) is 1. The van der Waals surface area contributed by atoms with Gasteiger partial charge in [-0.05, 0) is 13.0 Å². The maximum Gasteiger partial charge on any atom is 0.305 e. The van der Waals surface area contributed by atoms with Gasteiger partial charge in [0.25, 0.3) is 0 Å². The fourth-order valence-corrected chi connectivity index (χ4v) is 1.78. The monoisotopic (exact) mass is 243 g/mol. The molecule has 0 bridgehead atoms. The molecule has 2 amide bonds. The van der Waals surface area contributed by atoms with Gasteiger partial charge in [-0.2, -0.15) is 0 Å². The highest BCUT2D eigenvalue weighted by molar-refractivity contribution is 5.91. The molecule has 1 heterocycles. The van der Waals surface area contributed by atoms with Gasteiger partial charge in [0.2, 0.25) is 11.8 Å². The van der Waals surface area contributed by atoms with Crippen LogP contribution in [0.5, 0.6) is 0 Å². The Bertz CT molecular complexity index is 319. The van der Waals surface area contributed by atoms with E-state index in [1.165, 1.54) is 4.90 Å². The quantitative estimate of drug-likeness (QED) is 0.545. The zero-order valence-electron chi connectivity index (χ0n) is 9.52. The van der Waals surface area contributed by atoms with Crippen molar-refractivity contribution in [1.82, 2.24) is 10.2 Å². The number of carbonyl (C=O) groups excluding carboxylic acids is 2. The lowest BCUT2D eigenvalue weighted by molar-refractivity contribution is -0.148. The SMILES string of the molecule is NCCCC(=O)N1CCNC(=O)C1CC(=O)O. The molecule has 17 heavy (non-hydrogen) atoms. The van der Waals surface area contributed by atoms with E-state index < -0.39 is 17.9 Å². The van der Waals surface area contributed by atoms with Crippen molar-refractivity contribution in [3.63, 3.8) is 0 Å². The van der Waals surface area contributed by atoms with Gasteiger partial charge < -0.3 is 21.1 Å². The summed E-state index contributed by atoms with van der Waals surface area (Å²) in [5.41, 5.74) is 5.30. The Morgan fingerprint density at radius 1 is 1.53 bits per heavy atom. The molecule has 1 aliphatic heterocycles. The number of rotatable bonds is 5. The molecule has 96 valence electrons. The summed E-state index contributed by atoms with van der Waals surface area (Å²) in [4.78, 5) is 35.3. The van der Waals surface area contributed by atoms with Gasteiger partial charge in [0.1, 0.15) is 6.04 Å². The molecule has 1 aliphatic rings. The smallest absolute Gasteiger partial charge is 0.305 e. The van der Waals surface area contributed by atoms with Crippen LogP contribution in [0.2, 0.25) is 0 Å². The standard InChI is InChI=1S/C10H17N3O4/c11-3-1-2-8(14)13-5-4-12-10(17)7(13)6-9(15)16/h7H,1-6,11H2,(H,12,17)(H,15,16). The van der Waals surface area contributed by atoms with Crippen LogP contribution in [-0.2, 0) is 14.4 Å². The second-order valence-corrected chi connectivity index (χ2v) is 3.88. The van der Waals surface area contributed by atoms with Crippen LogP contribution in [0.15, 0.2) is 0 Å². The van der Waals surface area contributed by atoms with E-state index >= 15 is 0 Å². The topological polar surface area (TPSA) is 113 Å². The third-order valence-electron chi connectivity index (χ3n) is 2.61. The molecule has 0 aliphatic carbocycles. The minimum atomic E-state index is -1.09. The molecular weight excluding hydrogens is 226 g/mol. The lowest BCUT2D eigenvalue weighted by Gasteiger charge is -2.34. The third-order valence-corrected chi connectivity index (χ3v) is 2.61. The van der Waals surface area contributed by atoms with Crippen molar-refractivity contribution < 1.29 is 19.5 Å². The normalized spacial score (nSPS) is 19.9. The predicted octanol–water partition coefficient (Wildman–Crippen LogP) is -1.47. The largest absolute Gasteiger partial charge is 0.481 e. The lowest BCUT2D eigenvalue weighted by atomic mass is 10.1. The maximum absolute atomic E-state index is 11.8. The highest BCUT2D eigenvalue weighted by Crippen LogP contribution is 2.11. The second-order valence-electron chi connectivity index (χ2n) is 3.88. The molecule has 7 heteroatoms. The Balaban J connectivity index is 2.67. The third kappa shape index (κ3) is 3.70. The summed E-state index contributed by atoms with van der Waals surface area (Å²) in [7, 11) is 0. The number of piperazine rings is 1. The first-order chi connectivity index (χ1) is 8.06. The number of hydrogen-bond acceptors (Lipinski definition) is 4. The van der Waals surface area contributed by atoms with E-state index in [0.29, 0.717) is 26.1 Å². The molecule has 7 nitrogen and oxygen atoms in total. The van der Waals surface area contributed by atoms with Crippen LogP contribution in [0.1, 0.15) is 19.3 Å². The summed E-state index contributed by atoms with van der Waals surface area (Å²) in [5, 5.41) is 11.3. The van der Waals surface area contributed by atoms with Crippen molar-refractivity contribution in [2.24, 2.45) is 5.73 Å². The summed E-state index contributed by atoms with van der Waals surface area (Å²) in [6.07, 6.45) is 0.427. The van der Waals surface area contributed by atoms with Gasteiger partial charge in [-0.25, -0.2) is 0 Å². The number of aliphatic carboxylic acids is 1. The van der Waals surface area contributed by atoms with E-state index in [4.69, 9.17) is 10.8 Å². The first kappa shape index (κ1) is 13.4. The van der Waals surface area contributed by atoms with Crippen LogP contribution >= 0.6 is 0 Å². The number of carboxylic acid groups (broad SMARTS) is 1. The van der Waals surface area contributed by atoms with Crippen LogP contribution in [-0.4, -0.2) is 53.5 Å². The van der Waals surface area contributed by atoms with Crippen molar-refractivity contribution in [2.75, 3.05) is 19.6 Å². The van der Waals surface area contributed by atoms with E-state index in [9.17, 15) is 14.4 Å². The summed E-state index contributed by atoms with van der Waals surface area (Å²) >= 11 is 0. The molecule has 1 atom stereocenters. The van der Waals surface area contributed by atoms with E-state index in [0.717, 1.165) is 0 Å². The number of nitrogens with two attached hydrogens (primary N) is 1. The number of carboxylic acids is 1. The molecule has 0 radical (unpaired) electrons. The van der Waals surface area contributed by atoms with Crippen molar-refractivity contribution in [2.45, 2.75) is 25.3 Å². The van der Waals surface area contributed by atoms with Crippen LogP contribution in [0, 0.1) is 0 Å². The van der Waals surface area contributed by atoms with Crippen molar-refractivity contribution in [3.8, 4) is 0 Å². The van der Waals surface area contributed by atoms with Gasteiger partial charge in [0.15, 0.2) is 0 Å². The molecule has 4 N–H and O–H groups in total. The minimum absolute atomic E-state index is 0.212. The Hall–Kier alpha value is -1.63. The molecule has 0 aromatic carbocycles. The van der Waals surface area contributed by atoms with Crippen LogP contribution in [0.3, 0.4) is 0 Å². The van der Waals surface area contributed by atoms with Gasteiger partial charge in [-0.15, -0.1) is 0 Å². The number of nitrogens with one attached hydrogen (secondary N) is 1. The zero-order chi connectivity index (χ0) is 12.8. The molecule has 0 aromatic rings. The Labute approximate surface area is 98.9 Å². The Morgan fingerprint density at radius 2 is 2.24 bits per heavy atom. The molecule has 1 unspecified atom stereocenters. The Kier molecular flexibility index (Phi) is 4.89. The molecule has 1 rings (SSSR count). The highest BCUT2D eigenvalue weighted by Gasteiger charge is 2.34. The summed E-state index contributed by atoms with van der Waals surface area (Å²) in [6, 6.07) is -0.897. The van der Waals surface area contributed by atoms with E-state index in [1.54, 1.807) is 0 Å². The van der Waals surface area contributed by atoms with Gasteiger partial charge in [0.05, 0.1) is 6.42 Å². The molecule has 0 spiro atoms. The Morgan fingerprint density at radius 3 is 2.82 bits per heavy atom. The van der Waals surface area contributed by atoms with Crippen molar-refractivity contribution in [3.05, 3.63) is 0 Å². The van der Waals surface area contributed by atoms with Crippen molar-refractivity contribution >= 4 is 17.8 Å². The number of carbonyl (C=O) groups is 3. The average Bonchev–Trinajstić information content (AvgIpc) is 2.28. The first-order valence-corrected chi connectivity index (χ1v) is 5.55. The molecular formula is C10H17N3O4. The van der Waals surface area contributed by atoms with Gasteiger partial charge >= 0.3 is 5.97 Å². The zero-order valence-corrected chi connectivity index (χ0v) is 9.52. The van der Waals surface area contributed by atoms with Gasteiger partial charge in [-0.1, -0.05) is 0 Å². The highest BCUT2D eigenvalue weighted by atomic mass is 16.4. The van der Waals surface area contributed by atoms with E-state index in [-0.39, 0.29) is 18.7 Å². The summed E-state index contributed by atoms with van der Waals surface area (Å²) in [5.74, 6) is -1.71. The molecule has 0 aromatic heterocycles. The summed E-state index contributed by atoms with van der Waals surface area (Å²) in [6.45, 7) is 1.12. The van der Waals surface area contributed by atoms with Gasteiger partial charge in [0, 0.05) is 19.5 Å². The van der Waals surface area contributed by atoms with Gasteiger partial charge in [-0.3, -0.25) is 14.4 Å². The fraction of sp³-hybridized carbons (Fsp3) is 0.700. The molecule has 0 saturated carbocycles. The van der Waals surface area contributed by atoms with Crippen LogP contribution < -0.4 is 11.1 Å². The van der Waals surface area contributed by atoms with E-state index in [2.05, 4.69) is 5.32 Å². The molecule has 1 fully saturated rings. The predicted molar refractivity (Wildman–Crippen MR) is 59.1 cm³/mol. The first-order valence-electron chi connectivity index (χ1n) is 5.55. The number of amides is 2. The average molecular weight is 243 g/mol. The molecule has 1 saturated heterocycles. The fourth-order valence-electron chi connectivity index (χ4n) is 1.78. The van der Waals surface area contributed by atoms with E-state index in [1.807, 2.05) is 0 Å².